The molecule has 2 heterocycles. The maximum Gasteiger partial charge on any atom is 0.252 e. The molecule has 0 atom stereocenters. The predicted molar refractivity (Wildman–Crippen MR) is 117 cm³/mol. The first kappa shape index (κ1) is 20.1. The van der Waals surface area contributed by atoms with E-state index in [0.29, 0.717) is 36.2 Å². The molecule has 7 heteroatoms. The van der Waals surface area contributed by atoms with Crippen LogP contribution in [0, 0.1) is 0 Å². The van der Waals surface area contributed by atoms with E-state index in [0.717, 1.165) is 34.3 Å². The topological polar surface area (TPSA) is 97.5 Å². The summed E-state index contributed by atoms with van der Waals surface area (Å²) in [5, 5.41) is 17.3. The molecule has 0 saturated carbocycles. The molecule has 1 aromatic heterocycles. The van der Waals surface area contributed by atoms with E-state index in [4.69, 9.17) is 0 Å². The van der Waals surface area contributed by atoms with E-state index in [9.17, 15) is 14.7 Å². The van der Waals surface area contributed by atoms with Gasteiger partial charge in [-0.25, -0.2) is 0 Å². The number of aromatic nitrogens is 1. The molecule has 1 amide bonds. The fourth-order valence-corrected chi connectivity index (χ4v) is 4.12. The molecular weight excluding hydrogens is 380 g/mol. The number of H-pyrrole nitrogens is 1. The van der Waals surface area contributed by atoms with Gasteiger partial charge >= 0.3 is 0 Å². The second-order valence-electron chi connectivity index (χ2n) is 7.88. The monoisotopic (exact) mass is 406 g/mol. The van der Waals surface area contributed by atoms with E-state index in [-0.39, 0.29) is 17.4 Å². The molecule has 1 aliphatic carbocycles. The summed E-state index contributed by atoms with van der Waals surface area (Å²) in [7, 11) is 5.76. The first-order valence-corrected chi connectivity index (χ1v) is 10.1. The van der Waals surface area contributed by atoms with Gasteiger partial charge in [0, 0.05) is 28.6 Å². The smallest absolute Gasteiger partial charge is 0.252 e. The van der Waals surface area contributed by atoms with Crippen molar-refractivity contribution in [3.05, 3.63) is 58.5 Å². The molecule has 0 saturated heterocycles. The predicted octanol–water partition coefficient (Wildman–Crippen LogP) is 1.86. The number of aromatic hydroxyl groups is 1. The minimum Gasteiger partial charge on any atom is -0.507 e. The number of rotatable bonds is 7. The van der Waals surface area contributed by atoms with E-state index in [1.807, 2.05) is 32.1 Å². The zero-order valence-electron chi connectivity index (χ0n) is 17.4. The summed E-state index contributed by atoms with van der Waals surface area (Å²) in [6, 6.07) is 5.37. The van der Waals surface area contributed by atoms with Crippen molar-refractivity contribution in [2.45, 2.75) is 12.8 Å². The molecule has 4 rings (SSSR count). The number of hydrogen-bond acceptors (Lipinski definition) is 5. The Morgan fingerprint density at radius 1 is 1.13 bits per heavy atom. The van der Waals surface area contributed by atoms with Crippen LogP contribution in [0.1, 0.15) is 17.7 Å². The number of nitrogens with zero attached hydrogens (tertiary/aromatic N) is 1. The van der Waals surface area contributed by atoms with Crippen LogP contribution in [0.5, 0.6) is 5.75 Å². The Hall–Kier alpha value is -3.16. The van der Waals surface area contributed by atoms with Crippen molar-refractivity contribution in [1.29, 1.82) is 0 Å². The number of phenols is 1. The van der Waals surface area contributed by atoms with Crippen LogP contribution in [0.3, 0.4) is 0 Å². The van der Waals surface area contributed by atoms with E-state index >= 15 is 0 Å². The summed E-state index contributed by atoms with van der Waals surface area (Å²) >= 11 is 0. The van der Waals surface area contributed by atoms with Crippen LogP contribution in [0.25, 0.3) is 16.5 Å². The third-order valence-electron chi connectivity index (χ3n) is 5.59. The molecule has 0 fully saturated rings. The van der Waals surface area contributed by atoms with E-state index < -0.39 is 0 Å². The van der Waals surface area contributed by atoms with Crippen molar-refractivity contribution in [3.8, 4) is 5.75 Å². The lowest BCUT2D eigenvalue weighted by Gasteiger charge is -2.15. The Morgan fingerprint density at radius 3 is 2.67 bits per heavy atom. The summed E-state index contributed by atoms with van der Waals surface area (Å²) in [6.45, 7) is 1.40. The van der Waals surface area contributed by atoms with Gasteiger partial charge in [-0.1, -0.05) is 6.07 Å². The molecule has 2 aromatic rings. The molecule has 0 spiro atoms. The SMILES string of the molecule is CNCCc1c(C2=C3NC(=O)C(CCN(C)C)=C3C(=O)C=C2)[nH]c2cccc(O)c12. The number of fused-ring (bicyclic) bond motifs is 2. The van der Waals surface area contributed by atoms with Crippen LogP contribution in [-0.4, -0.2) is 60.9 Å². The molecule has 2 aliphatic rings. The van der Waals surface area contributed by atoms with Crippen LogP contribution in [0.15, 0.2) is 47.2 Å². The number of carbonyl (C=O) groups is 2. The Kier molecular flexibility index (Phi) is 5.32. The fourth-order valence-electron chi connectivity index (χ4n) is 4.12. The highest BCUT2D eigenvalue weighted by atomic mass is 16.3. The van der Waals surface area contributed by atoms with Crippen molar-refractivity contribution in [3.63, 3.8) is 0 Å². The second kappa shape index (κ2) is 7.93. The number of allylic oxidation sites excluding steroid dienone is 4. The lowest BCUT2D eigenvalue weighted by atomic mass is 9.91. The van der Waals surface area contributed by atoms with Crippen LogP contribution in [0.2, 0.25) is 0 Å². The quantitative estimate of drug-likeness (QED) is 0.563. The maximum atomic E-state index is 12.7. The number of benzene rings is 1. The normalized spacial score (nSPS) is 16.3. The molecule has 0 unspecified atom stereocenters. The van der Waals surface area contributed by atoms with E-state index in [1.54, 1.807) is 18.2 Å². The van der Waals surface area contributed by atoms with Crippen molar-refractivity contribution in [2.24, 2.45) is 0 Å². The summed E-state index contributed by atoms with van der Waals surface area (Å²) < 4.78 is 0. The Labute approximate surface area is 175 Å². The lowest BCUT2D eigenvalue weighted by Crippen LogP contribution is -2.21. The zero-order valence-corrected chi connectivity index (χ0v) is 17.4. The molecule has 30 heavy (non-hydrogen) atoms. The van der Waals surface area contributed by atoms with E-state index in [2.05, 4.69) is 15.6 Å². The van der Waals surface area contributed by atoms with Gasteiger partial charge in [-0.2, -0.15) is 0 Å². The number of aromatic amines is 1. The number of ketones is 1. The fraction of sp³-hybridized carbons (Fsp3) is 0.304. The van der Waals surface area contributed by atoms with Crippen LogP contribution < -0.4 is 10.6 Å². The van der Waals surface area contributed by atoms with Gasteiger partial charge in [0.25, 0.3) is 5.91 Å². The number of nitrogens with one attached hydrogen (secondary N) is 3. The van der Waals surface area contributed by atoms with Crippen LogP contribution in [0.4, 0.5) is 0 Å². The first-order valence-electron chi connectivity index (χ1n) is 10.1. The summed E-state index contributed by atoms with van der Waals surface area (Å²) in [5.74, 6) is -0.163. The van der Waals surface area contributed by atoms with Gasteiger partial charge in [-0.15, -0.1) is 0 Å². The maximum absolute atomic E-state index is 12.7. The summed E-state index contributed by atoms with van der Waals surface area (Å²) in [4.78, 5) is 30.8. The van der Waals surface area contributed by atoms with Crippen LogP contribution >= 0.6 is 0 Å². The number of phenolic OH excluding ortho intramolecular Hbond substituents is 1. The Bertz CT molecular complexity index is 1130. The standard InChI is InChI=1S/C23H26N4O3/c1-24-11-9-13-19-16(5-4-6-17(19)28)25-21(13)15-7-8-18(29)20-14(10-12-27(2)3)23(30)26-22(15)20/h4-8,24-25,28H,9-12H2,1-3H3,(H,26,30). The van der Waals surface area contributed by atoms with Gasteiger partial charge in [0.2, 0.25) is 0 Å². The van der Waals surface area contributed by atoms with Gasteiger partial charge < -0.3 is 25.6 Å². The number of hydrogen-bond donors (Lipinski definition) is 4. The van der Waals surface area contributed by atoms with Crippen LogP contribution in [-0.2, 0) is 16.0 Å². The number of likely N-dealkylation sites (N-methyl/N-ethyl adjacent to an activating group) is 1. The average molecular weight is 406 g/mol. The number of amides is 1. The molecule has 1 aliphatic heterocycles. The molecular formula is C23H26N4O3. The third kappa shape index (κ3) is 3.36. The highest BCUT2D eigenvalue weighted by molar-refractivity contribution is 6.21. The highest BCUT2D eigenvalue weighted by Crippen LogP contribution is 2.39. The van der Waals surface area contributed by atoms with Gasteiger partial charge in [0.15, 0.2) is 5.78 Å². The molecule has 1 aromatic carbocycles. The van der Waals surface area contributed by atoms with Gasteiger partial charge in [0.1, 0.15) is 5.75 Å². The lowest BCUT2D eigenvalue weighted by molar-refractivity contribution is -0.116. The molecule has 4 N–H and O–H groups in total. The average Bonchev–Trinajstić information content (AvgIpc) is 3.24. The first-order chi connectivity index (χ1) is 14.4. The van der Waals surface area contributed by atoms with Crippen molar-refractivity contribution in [2.75, 3.05) is 34.2 Å². The Balaban J connectivity index is 1.90. The molecule has 7 nitrogen and oxygen atoms in total. The third-order valence-corrected chi connectivity index (χ3v) is 5.59. The second-order valence-corrected chi connectivity index (χ2v) is 7.88. The van der Waals surface area contributed by atoms with Gasteiger partial charge in [-0.3, -0.25) is 9.59 Å². The van der Waals surface area contributed by atoms with Crippen molar-refractivity contribution in [1.82, 2.24) is 20.5 Å². The number of carbonyl (C=O) groups excluding carboxylic acids is 2. The van der Waals surface area contributed by atoms with Crippen molar-refractivity contribution < 1.29 is 14.7 Å². The zero-order chi connectivity index (χ0) is 21.4. The van der Waals surface area contributed by atoms with Gasteiger partial charge in [-0.05, 0) is 70.4 Å². The highest BCUT2D eigenvalue weighted by Gasteiger charge is 2.35. The van der Waals surface area contributed by atoms with E-state index in [1.165, 1.54) is 6.08 Å². The molecule has 156 valence electrons. The minimum absolute atomic E-state index is 0.156. The summed E-state index contributed by atoms with van der Waals surface area (Å²) in [5.41, 5.74) is 4.89. The Morgan fingerprint density at radius 2 is 1.93 bits per heavy atom. The minimum atomic E-state index is -0.216. The van der Waals surface area contributed by atoms with Crippen molar-refractivity contribution >= 4 is 28.2 Å². The summed E-state index contributed by atoms with van der Waals surface area (Å²) in [6.07, 6.45) is 4.46. The largest absolute Gasteiger partial charge is 0.507 e. The molecule has 0 bridgehead atoms. The molecule has 0 radical (unpaired) electrons. The van der Waals surface area contributed by atoms with Gasteiger partial charge in [0.05, 0.1) is 17.0 Å².